The molecule has 1 amide bonds. The summed E-state index contributed by atoms with van der Waals surface area (Å²) in [5, 5.41) is 3.73. The van der Waals surface area contributed by atoms with E-state index in [0.29, 0.717) is 5.56 Å². The van der Waals surface area contributed by atoms with Crippen LogP contribution in [0.25, 0.3) is 0 Å². The molecule has 0 spiro atoms. The number of carbonyl (C=O) groups excluding carboxylic acids is 1. The Balaban J connectivity index is 2.10. The van der Waals surface area contributed by atoms with E-state index < -0.39 is 9.84 Å². The zero-order valence-electron chi connectivity index (χ0n) is 13.8. The maximum absolute atomic E-state index is 12.4. The topological polar surface area (TPSA) is 76.1 Å². The number of nitrogens with one attached hydrogen (secondary N) is 1. The van der Waals surface area contributed by atoms with Crippen LogP contribution in [0.3, 0.4) is 0 Å². The third-order valence-corrected chi connectivity index (χ3v) is 5.38. The van der Waals surface area contributed by atoms with Crippen molar-refractivity contribution < 1.29 is 13.2 Å². The lowest BCUT2D eigenvalue weighted by molar-refractivity contribution is 0.0939. The van der Waals surface area contributed by atoms with Gasteiger partial charge in [0.25, 0.3) is 5.91 Å². The molecule has 0 fully saturated rings. The molecule has 24 heavy (non-hydrogen) atoms. The number of thioether (sulfide) groups is 1. The van der Waals surface area contributed by atoms with Crippen molar-refractivity contribution >= 4 is 27.5 Å². The average molecular weight is 364 g/mol. The first-order chi connectivity index (χ1) is 11.3. The van der Waals surface area contributed by atoms with Crippen molar-refractivity contribution in [3.63, 3.8) is 0 Å². The van der Waals surface area contributed by atoms with Crippen LogP contribution in [-0.2, 0) is 9.84 Å². The van der Waals surface area contributed by atoms with Crippen molar-refractivity contribution in [3.8, 4) is 0 Å². The normalized spacial score (nSPS) is 12.6. The van der Waals surface area contributed by atoms with Crippen molar-refractivity contribution in [2.45, 2.75) is 29.8 Å². The van der Waals surface area contributed by atoms with E-state index in [0.717, 1.165) is 16.3 Å². The third-order valence-electron chi connectivity index (χ3n) is 3.45. The smallest absolute Gasteiger partial charge is 0.251 e. The molecule has 128 valence electrons. The number of hydrogen-bond acceptors (Lipinski definition) is 5. The van der Waals surface area contributed by atoms with Gasteiger partial charge in [-0.05, 0) is 42.5 Å². The molecule has 2 rings (SSSR count). The monoisotopic (exact) mass is 364 g/mol. The fraction of sp³-hybridized carbons (Fsp3) is 0.294. The van der Waals surface area contributed by atoms with Crippen molar-refractivity contribution in [1.29, 1.82) is 0 Å². The summed E-state index contributed by atoms with van der Waals surface area (Å²) >= 11 is 1.58. The van der Waals surface area contributed by atoms with Gasteiger partial charge in [-0.25, -0.2) is 13.4 Å². The Labute approximate surface area is 146 Å². The van der Waals surface area contributed by atoms with Crippen LogP contribution in [0, 0.1) is 0 Å². The van der Waals surface area contributed by atoms with E-state index in [2.05, 4.69) is 10.3 Å². The molecule has 2 aromatic rings. The third kappa shape index (κ3) is 4.82. The molecule has 0 aliphatic heterocycles. The van der Waals surface area contributed by atoms with Crippen LogP contribution < -0.4 is 5.32 Å². The number of rotatable bonds is 6. The number of amides is 1. The largest absolute Gasteiger partial charge is 0.346 e. The van der Waals surface area contributed by atoms with Crippen LogP contribution >= 0.6 is 11.8 Å². The van der Waals surface area contributed by atoms with E-state index >= 15 is 0 Å². The fourth-order valence-corrected chi connectivity index (χ4v) is 3.42. The number of aromatic nitrogens is 1. The molecule has 1 heterocycles. The number of hydrogen-bond donors (Lipinski definition) is 1. The van der Waals surface area contributed by atoms with Crippen LogP contribution in [0.1, 0.15) is 35.8 Å². The van der Waals surface area contributed by atoms with Crippen LogP contribution in [-0.4, -0.2) is 31.3 Å². The molecule has 7 heteroatoms. The number of sulfone groups is 1. The summed E-state index contributed by atoms with van der Waals surface area (Å²) in [6.07, 6.45) is 2.79. The van der Waals surface area contributed by atoms with E-state index in [1.165, 1.54) is 6.26 Å². The molecule has 0 aliphatic carbocycles. The lowest BCUT2D eigenvalue weighted by Gasteiger charge is -2.15. The Morgan fingerprint density at radius 2 is 1.92 bits per heavy atom. The Morgan fingerprint density at radius 3 is 2.50 bits per heavy atom. The second kappa shape index (κ2) is 7.81. The molecule has 5 nitrogen and oxygen atoms in total. The molecule has 1 N–H and O–H groups in total. The molecule has 1 aromatic heterocycles. The van der Waals surface area contributed by atoms with Crippen molar-refractivity contribution in [3.05, 3.63) is 53.7 Å². The highest BCUT2D eigenvalue weighted by molar-refractivity contribution is 7.99. The molecule has 0 saturated carbocycles. The Bertz CT molecular complexity index is 818. The fourth-order valence-electron chi connectivity index (χ4n) is 2.14. The summed E-state index contributed by atoms with van der Waals surface area (Å²) < 4.78 is 23.0. The molecular weight excluding hydrogens is 344 g/mol. The first kappa shape index (κ1) is 18.5. The summed E-state index contributed by atoms with van der Waals surface area (Å²) in [5.74, 6) is 0.705. The zero-order valence-corrected chi connectivity index (χ0v) is 15.4. The van der Waals surface area contributed by atoms with Crippen LogP contribution in [0.15, 0.2) is 52.5 Å². The van der Waals surface area contributed by atoms with Gasteiger partial charge in [-0.15, -0.1) is 11.8 Å². The Morgan fingerprint density at radius 1 is 1.25 bits per heavy atom. The van der Waals surface area contributed by atoms with E-state index in [1.54, 1.807) is 54.4 Å². The molecule has 0 radical (unpaired) electrons. The second-order valence-electron chi connectivity index (χ2n) is 5.35. The first-order valence-electron chi connectivity index (χ1n) is 7.51. The second-order valence-corrected chi connectivity index (χ2v) is 8.65. The van der Waals surface area contributed by atoms with Crippen LogP contribution in [0.2, 0.25) is 0 Å². The summed E-state index contributed by atoms with van der Waals surface area (Å²) in [5.41, 5.74) is 1.40. The van der Waals surface area contributed by atoms with Gasteiger partial charge in [0, 0.05) is 18.0 Å². The summed E-state index contributed by atoms with van der Waals surface area (Å²) in [7, 11) is -3.22. The average Bonchev–Trinajstić information content (AvgIpc) is 2.54. The van der Waals surface area contributed by atoms with Gasteiger partial charge in [0.1, 0.15) is 0 Å². The van der Waals surface area contributed by atoms with Crippen LogP contribution in [0.5, 0.6) is 0 Å². The van der Waals surface area contributed by atoms with Gasteiger partial charge in [0.2, 0.25) is 0 Å². The SMILES string of the molecule is CCSc1cc(C(=O)N[C@H](C)c2ccc(S(C)(=O)=O)cc2)ccn1. The molecular formula is C17H20N2O3S2. The first-order valence-corrected chi connectivity index (χ1v) is 10.4. The highest BCUT2D eigenvalue weighted by Crippen LogP contribution is 2.18. The number of nitrogens with zero attached hydrogens (tertiary/aromatic N) is 1. The lowest BCUT2D eigenvalue weighted by Crippen LogP contribution is -2.26. The van der Waals surface area contributed by atoms with Gasteiger partial charge >= 0.3 is 0 Å². The van der Waals surface area contributed by atoms with Crippen molar-refractivity contribution in [2.24, 2.45) is 0 Å². The maximum Gasteiger partial charge on any atom is 0.251 e. The van der Waals surface area contributed by atoms with Gasteiger partial charge in [0.15, 0.2) is 9.84 Å². The molecule has 0 unspecified atom stereocenters. The Kier molecular flexibility index (Phi) is 6.01. The van der Waals surface area contributed by atoms with Gasteiger partial charge in [-0.3, -0.25) is 4.79 Å². The molecule has 0 saturated heterocycles. The van der Waals surface area contributed by atoms with Gasteiger partial charge in [0.05, 0.1) is 16.0 Å². The Hall–Kier alpha value is -1.86. The quantitative estimate of drug-likeness (QED) is 0.797. The highest BCUT2D eigenvalue weighted by atomic mass is 32.2. The van der Waals surface area contributed by atoms with E-state index in [-0.39, 0.29) is 16.8 Å². The summed E-state index contributed by atoms with van der Waals surface area (Å²) in [4.78, 5) is 16.8. The highest BCUT2D eigenvalue weighted by Gasteiger charge is 2.13. The van der Waals surface area contributed by atoms with Crippen molar-refractivity contribution in [1.82, 2.24) is 10.3 Å². The minimum Gasteiger partial charge on any atom is -0.346 e. The number of benzene rings is 1. The summed E-state index contributed by atoms with van der Waals surface area (Å²) in [6.45, 7) is 3.89. The minimum atomic E-state index is -3.22. The van der Waals surface area contributed by atoms with E-state index in [1.807, 2.05) is 13.8 Å². The maximum atomic E-state index is 12.4. The molecule has 0 bridgehead atoms. The predicted octanol–water partition coefficient (Wildman–Crippen LogP) is 3.09. The zero-order chi connectivity index (χ0) is 17.7. The van der Waals surface area contributed by atoms with Crippen LogP contribution in [0.4, 0.5) is 0 Å². The summed E-state index contributed by atoms with van der Waals surface area (Å²) in [6, 6.07) is 9.74. The van der Waals surface area contributed by atoms with Gasteiger partial charge < -0.3 is 5.32 Å². The molecule has 1 aromatic carbocycles. The lowest BCUT2D eigenvalue weighted by atomic mass is 10.1. The van der Waals surface area contributed by atoms with Gasteiger partial charge in [-0.1, -0.05) is 19.1 Å². The van der Waals surface area contributed by atoms with E-state index in [4.69, 9.17) is 0 Å². The number of carbonyl (C=O) groups is 1. The molecule has 1 atom stereocenters. The standard InChI is InChI=1S/C17H20N2O3S2/c1-4-23-16-11-14(9-10-18-16)17(20)19-12(2)13-5-7-15(8-6-13)24(3,21)22/h5-12H,4H2,1-3H3,(H,19,20)/t12-/m1/s1. The number of pyridine rings is 1. The predicted molar refractivity (Wildman–Crippen MR) is 96.1 cm³/mol. The van der Waals surface area contributed by atoms with Crippen molar-refractivity contribution in [2.75, 3.05) is 12.0 Å². The van der Waals surface area contributed by atoms with E-state index in [9.17, 15) is 13.2 Å². The minimum absolute atomic E-state index is 0.185. The van der Waals surface area contributed by atoms with Gasteiger partial charge in [-0.2, -0.15) is 0 Å². The molecule has 0 aliphatic rings.